The lowest BCUT2D eigenvalue weighted by Crippen LogP contribution is -2.25. The fourth-order valence-corrected chi connectivity index (χ4v) is 2.30. The van der Waals surface area contributed by atoms with Crippen molar-refractivity contribution in [3.05, 3.63) is 40.6 Å². The van der Waals surface area contributed by atoms with Crippen LogP contribution in [-0.2, 0) is 10.0 Å². The van der Waals surface area contributed by atoms with Gasteiger partial charge in [0.15, 0.2) is 0 Å². The fraction of sp³-hybridized carbons (Fsp3) is 0.200. The molecule has 1 N–H and O–H groups in total. The van der Waals surface area contributed by atoms with E-state index in [9.17, 15) is 12.8 Å². The second-order valence-corrected chi connectivity index (χ2v) is 5.98. The highest BCUT2D eigenvalue weighted by molar-refractivity contribution is 9.10. The van der Waals surface area contributed by atoms with Crippen LogP contribution in [0.5, 0.6) is 0 Å². The summed E-state index contributed by atoms with van der Waals surface area (Å²) in [5.41, 5.74) is 0.682. The zero-order valence-corrected chi connectivity index (χ0v) is 11.0. The maximum atomic E-state index is 13.2. The Bertz CT molecular complexity index is 514. The van der Waals surface area contributed by atoms with E-state index >= 15 is 0 Å². The van der Waals surface area contributed by atoms with Crippen LogP contribution in [0.4, 0.5) is 4.39 Å². The Hall–Kier alpha value is -0.720. The number of rotatable bonds is 4. The number of hydrogen-bond acceptors (Lipinski definition) is 2. The van der Waals surface area contributed by atoms with Crippen LogP contribution in [-0.4, -0.2) is 15.0 Å². The molecule has 0 amide bonds. The lowest BCUT2D eigenvalue weighted by molar-refractivity contribution is 0.579. The van der Waals surface area contributed by atoms with Gasteiger partial charge < -0.3 is 0 Å². The third-order valence-corrected chi connectivity index (χ3v) is 3.81. The van der Waals surface area contributed by atoms with Gasteiger partial charge in [0.2, 0.25) is 10.0 Å². The molecule has 6 heteroatoms. The third-order valence-electron chi connectivity index (χ3n) is 1.77. The number of nitrogens with one attached hydrogen (secondary N) is 1. The zero-order valence-electron chi connectivity index (χ0n) is 8.63. The lowest BCUT2D eigenvalue weighted by Gasteiger charge is -2.06. The second kappa shape index (κ2) is 5.07. The Morgan fingerprint density at radius 2 is 2.19 bits per heavy atom. The van der Waals surface area contributed by atoms with Crippen molar-refractivity contribution in [2.45, 2.75) is 11.8 Å². The fourth-order valence-electron chi connectivity index (χ4n) is 0.946. The summed E-state index contributed by atoms with van der Waals surface area (Å²) in [5.74, 6) is -0.613. The zero-order chi connectivity index (χ0) is 12.3. The summed E-state index contributed by atoms with van der Waals surface area (Å²) >= 11 is 2.95. The van der Waals surface area contributed by atoms with Crippen LogP contribution in [0.2, 0.25) is 0 Å². The van der Waals surface area contributed by atoms with Gasteiger partial charge in [0.1, 0.15) is 5.82 Å². The summed E-state index contributed by atoms with van der Waals surface area (Å²) in [5, 5.41) is 0. The van der Waals surface area contributed by atoms with Crippen LogP contribution >= 0.6 is 15.9 Å². The van der Waals surface area contributed by atoms with E-state index in [-0.39, 0.29) is 15.9 Å². The van der Waals surface area contributed by atoms with Crippen LogP contribution in [0.15, 0.2) is 39.7 Å². The summed E-state index contributed by atoms with van der Waals surface area (Å²) in [4.78, 5) is -0.102. The molecule has 88 valence electrons. The highest BCUT2D eigenvalue weighted by Gasteiger charge is 2.15. The molecule has 3 nitrogen and oxygen atoms in total. The molecular formula is C10H11BrFNO2S. The smallest absolute Gasteiger partial charge is 0.207 e. The molecule has 16 heavy (non-hydrogen) atoms. The Kier molecular flexibility index (Phi) is 4.23. The van der Waals surface area contributed by atoms with Gasteiger partial charge in [-0.15, -0.1) is 0 Å². The number of hydrogen-bond donors (Lipinski definition) is 1. The topological polar surface area (TPSA) is 46.2 Å². The van der Waals surface area contributed by atoms with Crippen LogP contribution in [0.25, 0.3) is 0 Å². The molecule has 0 radical (unpaired) electrons. The van der Waals surface area contributed by atoms with E-state index in [0.717, 1.165) is 6.07 Å². The van der Waals surface area contributed by atoms with Crippen molar-refractivity contribution in [1.29, 1.82) is 0 Å². The van der Waals surface area contributed by atoms with E-state index in [0.29, 0.717) is 5.57 Å². The number of sulfonamides is 1. The van der Waals surface area contributed by atoms with Crippen molar-refractivity contribution in [1.82, 2.24) is 4.72 Å². The normalized spacial score (nSPS) is 11.4. The van der Waals surface area contributed by atoms with Crippen LogP contribution in [0, 0.1) is 5.82 Å². The Labute approximate surface area is 103 Å². The predicted molar refractivity (Wildman–Crippen MR) is 64.1 cm³/mol. The van der Waals surface area contributed by atoms with E-state index in [2.05, 4.69) is 27.2 Å². The van der Waals surface area contributed by atoms with E-state index in [1.165, 1.54) is 12.1 Å². The average molecular weight is 308 g/mol. The summed E-state index contributed by atoms with van der Waals surface area (Å²) < 4.78 is 39.0. The van der Waals surface area contributed by atoms with Crippen molar-refractivity contribution in [3.63, 3.8) is 0 Å². The van der Waals surface area contributed by atoms with Crippen LogP contribution in [0.1, 0.15) is 6.92 Å². The second-order valence-electron chi connectivity index (χ2n) is 3.36. The molecule has 0 unspecified atom stereocenters. The molecule has 0 atom stereocenters. The summed E-state index contributed by atoms with van der Waals surface area (Å²) in [6, 6.07) is 3.64. The first-order valence-electron chi connectivity index (χ1n) is 4.42. The van der Waals surface area contributed by atoms with E-state index in [1.807, 2.05) is 0 Å². The maximum Gasteiger partial charge on any atom is 0.240 e. The average Bonchev–Trinajstić information content (AvgIpc) is 2.19. The predicted octanol–water partition coefficient (Wildman–Crippen LogP) is 2.44. The van der Waals surface area contributed by atoms with Gasteiger partial charge in [-0.1, -0.05) is 12.2 Å². The molecule has 0 fully saturated rings. The van der Waals surface area contributed by atoms with Crippen molar-refractivity contribution < 1.29 is 12.8 Å². The molecule has 0 saturated heterocycles. The van der Waals surface area contributed by atoms with E-state index in [4.69, 9.17) is 0 Å². The Morgan fingerprint density at radius 3 is 2.69 bits per heavy atom. The highest BCUT2D eigenvalue weighted by Crippen LogP contribution is 2.19. The summed E-state index contributed by atoms with van der Waals surface area (Å²) in [6.45, 7) is 5.41. The van der Waals surface area contributed by atoms with Gasteiger partial charge in [-0.2, -0.15) is 0 Å². The summed E-state index contributed by atoms with van der Waals surface area (Å²) in [6.07, 6.45) is 0. The summed E-state index contributed by atoms with van der Waals surface area (Å²) in [7, 11) is -3.67. The quantitative estimate of drug-likeness (QED) is 0.869. The minimum Gasteiger partial charge on any atom is -0.207 e. The van der Waals surface area contributed by atoms with Gasteiger partial charge in [0, 0.05) is 6.54 Å². The van der Waals surface area contributed by atoms with Crippen molar-refractivity contribution >= 4 is 26.0 Å². The first-order chi connectivity index (χ1) is 7.33. The van der Waals surface area contributed by atoms with Crippen molar-refractivity contribution in [2.24, 2.45) is 0 Å². The van der Waals surface area contributed by atoms with Gasteiger partial charge in [-0.3, -0.25) is 0 Å². The molecular weight excluding hydrogens is 297 g/mol. The molecule has 0 aliphatic carbocycles. The van der Waals surface area contributed by atoms with Crippen LogP contribution < -0.4 is 4.72 Å². The molecule has 0 aliphatic rings. The first kappa shape index (κ1) is 13.3. The Balaban J connectivity index is 2.99. The van der Waals surface area contributed by atoms with Gasteiger partial charge in [-0.05, 0) is 41.1 Å². The number of benzene rings is 1. The minimum atomic E-state index is -3.67. The van der Waals surface area contributed by atoms with Crippen LogP contribution in [0.3, 0.4) is 0 Å². The molecule has 0 aromatic heterocycles. The third kappa shape index (κ3) is 3.40. The molecule has 0 bridgehead atoms. The molecule has 0 saturated carbocycles. The molecule has 0 spiro atoms. The molecule has 0 heterocycles. The molecule has 1 aromatic carbocycles. The van der Waals surface area contributed by atoms with E-state index in [1.54, 1.807) is 6.92 Å². The first-order valence-corrected chi connectivity index (χ1v) is 6.69. The van der Waals surface area contributed by atoms with Gasteiger partial charge in [0.05, 0.1) is 9.37 Å². The van der Waals surface area contributed by atoms with E-state index < -0.39 is 15.8 Å². The van der Waals surface area contributed by atoms with Gasteiger partial charge >= 0.3 is 0 Å². The van der Waals surface area contributed by atoms with Crippen molar-refractivity contribution in [3.8, 4) is 0 Å². The van der Waals surface area contributed by atoms with Gasteiger partial charge in [-0.25, -0.2) is 17.5 Å². The Morgan fingerprint density at radius 1 is 1.56 bits per heavy atom. The lowest BCUT2D eigenvalue weighted by atomic mass is 10.3. The maximum absolute atomic E-state index is 13.2. The largest absolute Gasteiger partial charge is 0.240 e. The SMILES string of the molecule is C=C(C)CNS(=O)(=O)c1ccc(Br)c(F)c1. The highest BCUT2D eigenvalue weighted by atomic mass is 79.9. The molecule has 1 rings (SSSR count). The minimum absolute atomic E-state index is 0.102. The van der Waals surface area contributed by atoms with Crippen molar-refractivity contribution in [2.75, 3.05) is 6.54 Å². The standard InChI is InChI=1S/C10H11BrFNO2S/c1-7(2)6-13-16(14,15)8-3-4-9(11)10(12)5-8/h3-5,13H,1,6H2,2H3. The van der Waals surface area contributed by atoms with Gasteiger partial charge in [0.25, 0.3) is 0 Å². The monoisotopic (exact) mass is 307 g/mol. The number of halogens is 2. The molecule has 0 aliphatic heterocycles. The molecule has 1 aromatic rings.